The second-order valence-electron chi connectivity index (χ2n) is 6.20. The van der Waals surface area contributed by atoms with Crippen LogP contribution in [0.3, 0.4) is 0 Å². The first kappa shape index (κ1) is 11.8. The maximum atomic E-state index is 12.3. The number of rotatable bonds is 4. The lowest BCUT2D eigenvalue weighted by Gasteiger charge is -2.53. The summed E-state index contributed by atoms with van der Waals surface area (Å²) < 4.78 is 0. The summed E-state index contributed by atoms with van der Waals surface area (Å²) in [7, 11) is 0. The molecule has 0 aromatic carbocycles. The minimum absolute atomic E-state index is 0.205. The molecule has 4 rings (SSSR count). The molecule has 98 valence electrons. The molecule has 0 radical (unpaired) electrons. The number of carbonyl (C=O) groups excluding carboxylic acids is 1. The molecular weight excluding hydrogens is 228 g/mol. The summed E-state index contributed by atoms with van der Waals surface area (Å²) in [5.41, 5.74) is 8.19. The largest absolute Gasteiger partial charge is 0.356 e. The van der Waals surface area contributed by atoms with Crippen molar-refractivity contribution in [2.45, 2.75) is 32.1 Å². The van der Waals surface area contributed by atoms with Gasteiger partial charge in [-0.25, -0.2) is 0 Å². The summed E-state index contributed by atoms with van der Waals surface area (Å²) in [6.07, 6.45) is 6.48. The summed E-state index contributed by atoms with van der Waals surface area (Å²) in [5, 5.41) is 6.39. The molecule has 1 amide bonds. The fourth-order valence-corrected chi connectivity index (χ4v) is 4.74. The second kappa shape index (κ2) is 4.81. The average Bonchev–Trinajstić information content (AvgIpc) is 2.33. The number of nitrogens with one attached hydrogen (secondary N) is 1. The molecule has 0 atom stereocenters. The van der Waals surface area contributed by atoms with Crippen LogP contribution in [0, 0.1) is 29.6 Å². The molecule has 1 N–H and O–H groups in total. The van der Waals surface area contributed by atoms with Crippen molar-refractivity contribution in [3.63, 3.8) is 0 Å². The fraction of sp³-hybridized carbons (Fsp3) is 0.923. The van der Waals surface area contributed by atoms with Crippen LogP contribution in [0.5, 0.6) is 0 Å². The van der Waals surface area contributed by atoms with Crippen LogP contribution in [0.25, 0.3) is 10.4 Å². The molecule has 4 saturated carbocycles. The van der Waals surface area contributed by atoms with Gasteiger partial charge in [-0.2, -0.15) is 0 Å². The molecule has 0 saturated heterocycles. The zero-order chi connectivity index (χ0) is 12.5. The summed E-state index contributed by atoms with van der Waals surface area (Å²) in [6.45, 7) is 0.835. The third kappa shape index (κ3) is 2.07. The van der Waals surface area contributed by atoms with Gasteiger partial charge in [0.2, 0.25) is 5.91 Å². The van der Waals surface area contributed by atoms with Gasteiger partial charge in [-0.1, -0.05) is 5.11 Å². The highest BCUT2D eigenvalue weighted by atomic mass is 16.1. The maximum Gasteiger partial charge on any atom is 0.223 e. The van der Waals surface area contributed by atoms with Crippen molar-refractivity contribution >= 4 is 5.91 Å². The highest BCUT2D eigenvalue weighted by Gasteiger charge is 2.50. The van der Waals surface area contributed by atoms with Gasteiger partial charge >= 0.3 is 0 Å². The molecule has 0 spiro atoms. The smallest absolute Gasteiger partial charge is 0.223 e. The van der Waals surface area contributed by atoms with Gasteiger partial charge < -0.3 is 5.32 Å². The zero-order valence-corrected chi connectivity index (χ0v) is 10.6. The maximum absolute atomic E-state index is 12.3. The molecule has 5 nitrogen and oxygen atoms in total. The Morgan fingerprint density at radius 1 is 1.17 bits per heavy atom. The Morgan fingerprint density at radius 3 is 2.33 bits per heavy atom. The van der Waals surface area contributed by atoms with Gasteiger partial charge in [-0.3, -0.25) is 4.79 Å². The van der Waals surface area contributed by atoms with E-state index in [1.807, 2.05) is 0 Å². The molecule has 18 heavy (non-hydrogen) atoms. The second-order valence-corrected chi connectivity index (χ2v) is 6.20. The highest BCUT2D eigenvalue weighted by Crippen LogP contribution is 2.56. The summed E-state index contributed by atoms with van der Waals surface area (Å²) >= 11 is 0. The molecule has 0 aliphatic heterocycles. The van der Waals surface area contributed by atoms with Crippen molar-refractivity contribution in [2.24, 2.45) is 34.7 Å². The minimum atomic E-state index is 0.205. The Labute approximate surface area is 107 Å². The molecule has 4 bridgehead atoms. The molecule has 0 heterocycles. The molecule has 5 heteroatoms. The van der Waals surface area contributed by atoms with E-state index in [1.165, 1.54) is 32.1 Å². The van der Waals surface area contributed by atoms with Gasteiger partial charge in [0.05, 0.1) is 0 Å². The van der Waals surface area contributed by atoms with Gasteiger partial charge in [-0.15, -0.1) is 0 Å². The van der Waals surface area contributed by atoms with Crippen molar-refractivity contribution in [3.05, 3.63) is 10.4 Å². The summed E-state index contributed by atoms with van der Waals surface area (Å²) in [4.78, 5) is 14.9. The first-order chi connectivity index (χ1) is 8.78. The van der Waals surface area contributed by atoms with Crippen molar-refractivity contribution in [2.75, 3.05) is 13.1 Å². The molecule has 0 aromatic heterocycles. The highest BCUT2D eigenvalue weighted by molar-refractivity contribution is 5.79. The van der Waals surface area contributed by atoms with Crippen LogP contribution < -0.4 is 5.32 Å². The quantitative estimate of drug-likeness (QED) is 0.353. The van der Waals surface area contributed by atoms with Crippen LogP contribution in [-0.4, -0.2) is 19.0 Å². The van der Waals surface area contributed by atoms with Crippen molar-refractivity contribution < 1.29 is 4.79 Å². The number of amides is 1. The number of hydrogen-bond acceptors (Lipinski definition) is 2. The zero-order valence-electron chi connectivity index (χ0n) is 10.6. The van der Waals surface area contributed by atoms with Gasteiger partial charge in [0.15, 0.2) is 0 Å². The lowest BCUT2D eigenvalue weighted by Crippen LogP contribution is -2.51. The van der Waals surface area contributed by atoms with Gasteiger partial charge in [0, 0.05) is 23.9 Å². The monoisotopic (exact) mass is 248 g/mol. The molecule has 0 unspecified atom stereocenters. The van der Waals surface area contributed by atoms with E-state index in [-0.39, 0.29) is 11.8 Å². The van der Waals surface area contributed by atoms with Crippen LogP contribution in [0.4, 0.5) is 0 Å². The van der Waals surface area contributed by atoms with Crippen molar-refractivity contribution in [1.82, 2.24) is 5.32 Å². The van der Waals surface area contributed by atoms with Gasteiger partial charge in [0.25, 0.3) is 0 Å². The number of carbonyl (C=O) groups is 1. The standard InChI is InChI=1S/C13H20N4O/c14-17-16-2-1-15-13(18)12-10-4-8-3-9(6-10)7-11(12)5-8/h8-12H,1-7H2,(H,15,18). The molecule has 0 aromatic rings. The molecule has 4 aliphatic carbocycles. The number of nitrogens with zero attached hydrogens (tertiary/aromatic N) is 3. The number of hydrogen-bond donors (Lipinski definition) is 1. The average molecular weight is 248 g/mol. The first-order valence-corrected chi connectivity index (χ1v) is 7.06. The van der Waals surface area contributed by atoms with Gasteiger partial charge in [-0.05, 0) is 61.3 Å². The van der Waals surface area contributed by atoms with E-state index in [2.05, 4.69) is 15.3 Å². The van der Waals surface area contributed by atoms with Gasteiger partial charge in [0.1, 0.15) is 0 Å². The Balaban J connectivity index is 1.58. The SMILES string of the molecule is [N-]=[N+]=NCCNC(=O)C1C2CC3CC(C2)CC1C3. The van der Waals surface area contributed by atoms with E-state index in [1.54, 1.807) is 0 Å². The van der Waals surface area contributed by atoms with E-state index in [9.17, 15) is 4.79 Å². The molecular formula is C13H20N4O. The van der Waals surface area contributed by atoms with Crippen LogP contribution in [-0.2, 0) is 4.79 Å². The number of azide groups is 1. The lowest BCUT2D eigenvalue weighted by molar-refractivity contribution is -0.138. The Bertz CT molecular complexity index is 360. The van der Waals surface area contributed by atoms with Crippen LogP contribution in [0.1, 0.15) is 32.1 Å². The van der Waals surface area contributed by atoms with E-state index in [0.717, 1.165) is 11.8 Å². The Morgan fingerprint density at radius 2 is 1.78 bits per heavy atom. The predicted octanol–water partition coefficient (Wildman–Crippen LogP) is 2.49. The topological polar surface area (TPSA) is 77.9 Å². The lowest BCUT2D eigenvalue weighted by atomic mass is 9.51. The normalized spacial score (nSPS) is 40.3. The Kier molecular flexibility index (Phi) is 3.16. The summed E-state index contributed by atoms with van der Waals surface area (Å²) in [5.74, 6) is 3.50. The molecule has 4 fully saturated rings. The molecule has 4 aliphatic rings. The minimum Gasteiger partial charge on any atom is -0.356 e. The predicted molar refractivity (Wildman–Crippen MR) is 67.6 cm³/mol. The van der Waals surface area contributed by atoms with Crippen molar-refractivity contribution in [1.29, 1.82) is 0 Å². The fourth-order valence-electron chi connectivity index (χ4n) is 4.74. The van der Waals surface area contributed by atoms with E-state index in [0.29, 0.717) is 24.9 Å². The van der Waals surface area contributed by atoms with E-state index < -0.39 is 0 Å². The van der Waals surface area contributed by atoms with Crippen molar-refractivity contribution in [3.8, 4) is 0 Å². The third-order valence-corrected chi connectivity index (χ3v) is 5.10. The van der Waals surface area contributed by atoms with Crippen LogP contribution in [0.2, 0.25) is 0 Å². The van der Waals surface area contributed by atoms with E-state index in [4.69, 9.17) is 5.53 Å². The summed E-state index contributed by atoms with van der Waals surface area (Å²) in [6, 6.07) is 0. The van der Waals surface area contributed by atoms with Crippen LogP contribution >= 0.6 is 0 Å². The Hall–Kier alpha value is -1.22. The van der Waals surface area contributed by atoms with Crippen LogP contribution in [0.15, 0.2) is 5.11 Å². The van der Waals surface area contributed by atoms with E-state index >= 15 is 0 Å². The third-order valence-electron chi connectivity index (χ3n) is 5.10. The first-order valence-electron chi connectivity index (χ1n) is 7.06.